The summed E-state index contributed by atoms with van der Waals surface area (Å²) >= 11 is 1.28. The standard InChI is InChI=1S/C16H20N4O3S/c1-19-7-9-20(10-8-19)14(21)11-24-16-18-17-15(23-16)12-3-5-13(22-2)6-4-12/h3-6H,7-11H2,1-2H3/p+1. The number of ether oxygens (including phenoxy) is 1. The third-order valence-corrected chi connectivity index (χ3v) is 4.84. The van der Waals surface area contributed by atoms with Crippen molar-refractivity contribution < 1.29 is 18.8 Å². The minimum Gasteiger partial charge on any atom is -0.497 e. The van der Waals surface area contributed by atoms with Crippen molar-refractivity contribution in [2.45, 2.75) is 5.22 Å². The predicted molar refractivity (Wildman–Crippen MR) is 90.2 cm³/mol. The lowest BCUT2D eigenvalue weighted by Gasteiger charge is -2.29. The fraction of sp³-hybridized carbons (Fsp3) is 0.438. The Kier molecular flexibility index (Phi) is 5.37. The van der Waals surface area contributed by atoms with Gasteiger partial charge < -0.3 is 19.0 Å². The van der Waals surface area contributed by atoms with E-state index in [0.717, 1.165) is 37.5 Å². The quantitative estimate of drug-likeness (QED) is 0.777. The number of rotatable bonds is 5. The summed E-state index contributed by atoms with van der Waals surface area (Å²) in [5.41, 5.74) is 0.823. The van der Waals surface area contributed by atoms with E-state index < -0.39 is 0 Å². The van der Waals surface area contributed by atoms with Crippen LogP contribution in [0.3, 0.4) is 0 Å². The zero-order valence-corrected chi connectivity index (χ0v) is 14.6. The number of carbonyl (C=O) groups excluding carboxylic acids is 1. The van der Waals surface area contributed by atoms with Crippen LogP contribution in [-0.2, 0) is 4.79 Å². The smallest absolute Gasteiger partial charge is 0.277 e. The molecular formula is C16H21N4O3S+. The number of likely N-dealkylation sites (N-methyl/N-ethyl adjacent to an activating group) is 1. The first-order chi connectivity index (χ1) is 11.7. The molecule has 0 atom stereocenters. The van der Waals surface area contributed by atoms with E-state index in [9.17, 15) is 4.79 Å². The number of nitrogens with zero attached hydrogens (tertiary/aromatic N) is 3. The molecule has 128 valence electrons. The van der Waals surface area contributed by atoms with Crippen LogP contribution in [0.2, 0.25) is 0 Å². The molecular weight excluding hydrogens is 328 g/mol. The number of quaternary nitrogens is 1. The molecule has 0 unspecified atom stereocenters. The number of piperazine rings is 1. The number of amides is 1. The summed E-state index contributed by atoms with van der Waals surface area (Å²) in [5.74, 6) is 1.66. The third kappa shape index (κ3) is 4.07. The Morgan fingerprint density at radius 3 is 2.67 bits per heavy atom. The highest BCUT2D eigenvalue weighted by Crippen LogP contribution is 2.24. The van der Waals surface area contributed by atoms with Crippen LogP contribution in [0.15, 0.2) is 33.9 Å². The molecule has 0 bridgehead atoms. The van der Waals surface area contributed by atoms with Gasteiger partial charge in [0, 0.05) is 5.56 Å². The molecule has 1 aliphatic heterocycles. The van der Waals surface area contributed by atoms with Crippen LogP contribution in [0.1, 0.15) is 0 Å². The van der Waals surface area contributed by atoms with E-state index in [0.29, 0.717) is 16.9 Å². The third-order valence-electron chi connectivity index (χ3n) is 4.03. The molecule has 2 aromatic rings. The maximum Gasteiger partial charge on any atom is 0.277 e. The van der Waals surface area contributed by atoms with E-state index in [2.05, 4.69) is 17.2 Å². The van der Waals surface area contributed by atoms with E-state index >= 15 is 0 Å². The second-order valence-electron chi connectivity index (χ2n) is 5.73. The second kappa shape index (κ2) is 7.67. The van der Waals surface area contributed by atoms with Crippen molar-refractivity contribution in [3.05, 3.63) is 24.3 Å². The maximum absolute atomic E-state index is 12.2. The Hall–Kier alpha value is -2.06. The highest BCUT2D eigenvalue weighted by atomic mass is 32.2. The number of nitrogens with one attached hydrogen (secondary N) is 1. The lowest BCUT2D eigenvalue weighted by atomic mass is 10.2. The Balaban J connectivity index is 1.55. The summed E-state index contributed by atoms with van der Waals surface area (Å²) < 4.78 is 10.7. The van der Waals surface area contributed by atoms with Gasteiger partial charge in [-0.1, -0.05) is 11.8 Å². The molecule has 1 amide bonds. The van der Waals surface area contributed by atoms with Gasteiger partial charge in [0.2, 0.25) is 11.8 Å². The number of carbonyl (C=O) groups is 1. The highest BCUT2D eigenvalue weighted by Gasteiger charge is 2.22. The molecule has 0 radical (unpaired) electrons. The topological polar surface area (TPSA) is 72.9 Å². The molecule has 8 heteroatoms. The molecule has 0 spiro atoms. The molecule has 1 saturated heterocycles. The van der Waals surface area contributed by atoms with Crippen molar-refractivity contribution in [1.29, 1.82) is 0 Å². The SMILES string of the molecule is COc1ccc(-c2nnc(SCC(=O)N3CC[NH+](C)CC3)o2)cc1. The van der Waals surface area contributed by atoms with Crippen molar-refractivity contribution in [1.82, 2.24) is 15.1 Å². The van der Waals surface area contributed by atoms with Gasteiger partial charge in [0.1, 0.15) is 5.75 Å². The van der Waals surface area contributed by atoms with Crippen LogP contribution in [0, 0.1) is 0 Å². The van der Waals surface area contributed by atoms with Crippen molar-refractivity contribution in [2.24, 2.45) is 0 Å². The first-order valence-corrected chi connectivity index (χ1v) is 8.84. The van der Waals surface area contributed by atoms with Crippen molar-refractivity contribution in [2.75, 3.05) is 46.1 Å². The van der Waals surface area contributed by atoms with Gasteiger partial charge >= 0.3 is 0 Å². The largest absolute Gasteiger partial charge is 0.497 e. The van der Waals surface area contributed by atoms with Crippen LogP contribution in [-0.4, -0.2) is 67.1 Å². The zero-order chi connectivity index (χ0) is 16.9. The van der Waals surface area contributed by atoms with E-state index in [1.54, 1.807) is 7.11 Å². The summed E-state index contributed by atoms with van der Waals surface area (Å²) in [7, 11) is 3.77. The van der Waals surface area contributed by atoms with Crippen molar-refractivity contribution in [3.63, 3.8) is 0 Å². The summed E-state index contributed by atoms with van der Waals surface area (Å²) in [4.78, 5) is 15.6. The predicted octanol–water partition coefficient (Wildman–Crippen LogP) is 0.194. The molecule has 1 aromatic heterocycles. The zero-order valence-electron chi connectivity index (χ0n) is 13.8. The number of hydrogen-bond acceptors (Lipinski definition) is 6. The number of benzene rings is 1. The first-order valence-electron chi connectivity index (χ1n) is 7.85. The Morgan fingerprint density at radius 1 is 1.29 bits per heavy atom. The van der Waals surface area contributed by atoms with Gasteiger partial charge in [-0.3, -0.25) is 4.79 Å². The van der Waals surface area contributed by atoms with Crippen LogP contribution in [0.5, 0.6) is 5.75 Å². The molecule has 7 nitrogen and oxygen atoms in total. The number of hydrogen-bond donors (Lipinski definition) is 1. The average Bonchev–Trinajstić information content (AvgIpc) is 3.09. The maximum atomic E-state index is 12.2. The summed E-state index contributed by atoms with van der Waals surface area (Å²) in [5, 5.41) is 8.45. The second-order valence-corrected chi connectivity index (χ2v) is 6.65. The van der Waals surface area contributed by atoms with E-state index in [-0.39, 0.29) is 5.91 Å². The molecule has 1 aromatic carbocycles. The van der Waals surface area contributed by atoms with E-state index in [4.69, 9.17) is 9.15 Å². The molecule has 24 heavy (non-hydrogen) atoms. The minimum absolute atomic E-state index is 0.122. The van der Waals surface area contributed by atoms with Gasteiger partial charge in [-0.05, 0) is 24.3 Å². The minimum atomic E-state index is 0.122. The van der Waals surface area contributed by atoms with Gasteiger partial charge in [0.05, 0.1) is 46.1 Å². The van der Waals surface area contributed by atoms with Crippen molar-refractivity contribution in [3.8, 4) is 17.2 Å². The van der Waals surface area contributed by atoms with Gasteiger partial charge in [-0.15, -0.1) is 10.2 Å². The van der Waals surface area contributed by atoms with Gasteiger partial charge in [-0.2, -0.15) is 0 Å². The first kappa shape index (κ1) is 16.8. The van der Waals surface area contributed by atoms with Crippen molar-refractivity contribution >= 4 is 17.7 Å². The van der Waals surface area contributed by atoms with Gasteiger partial charge in [0.25, 0.3) is 5.22 Å². The highest BCUT2D eigenvalue weighted by molar-refractivity contribution is 7.99. The van der Waals surface area contributed by atoms with Crippen LogP contribution in [0.4, 0.5) is 0 Å². The Bertz CT molecular complexity index is 681. The molecule has 0 aliphatic carbocycles. The summed E-state index contributed by atoms with van der Waals surface area (Å²) in [6.07, 6.45) is 0. The lowest BCUT2D eigenvalue weighted by molar-refractivity contribution is -0.883. The number of thioether (sulfide) groups is 1. The monoisotopic (exact) mass is 349 g/mol. The van der Waals surface area contributed by atoms with Gasteiger partial charge in [-0.25, -0.2) is 0 Å². The fourth-order valence-corrected chi connectivity index (χ4v) is 3.14. The Labute approximate surface area is 145 Å². The molecule has 1 N–H and O–H groups in total. The van der Waals surface area contributed by atoms with Crippen LogP contribution in [0.25, 0.3) is 11.5 Å². The Morgan fingerprint density at radius 2 is 2.00 bits per heavy atom. The number of aromatic nitrogens is 2. The van der Waals surface area contributed by atoms with E-state index in [1.807, 2.05) is 29.2 Å². The van der Waals surface area contributed by atoms with Gasteiger partial charge in [0.15, 0.2) is 0 Å². The molecule has 1 aliphatic rings. The molecule has 0 saturated carbocycles. The molecule has 2 heterocycles. The molecule has 3 rings (SSSR count). The van der Waals surface area contributed by atoms with Crippen LogP contribution >= 0.6 is 11.8 Å². The van der Waals surface area contributed by atoms with E-state index in [1.165, 1.54) is 16.7 Å². The fourth-order valence-electron chi connectivity index (χ4n) is 2.47. The summed E-state index contributed by atoms with van der Waals surface area (Å²) in [6.45, 7) is 3.62. The van der Waals surface area contributed by atoms with Crippen LogP contribution < -0.4 is 9.64 Å². The average molecular weight is 349 g/mol. The summed E-state index contributed by atoms with van der Waals surface area (Å²) in [6, 6.07) is 7.40. The molecule has 1 fully saturated rings. The lowest BCUT2D eigenvalue weighted by Crippen LogP contribution is -3.12. The number of methoxy groups -OCH3 is 1. The normalized spacial score (nSPS) is 15.5.